The number of para-hydroxylation sites is 1. The molecule has 3 rings (SSSR count). The van der Waals surface area contributed by atoms with Gasteiger partial charge in [0.1, 0.15) is 10.6 Å². The molecule has 1 heterocycles. The second-order valence-corrected chi connectivity index (χ2v) is 7.08. The topological polar surface area (TPSA) is 84.1 Å². The first kappa shape index (κ1) is 17.2. The van der Waals surface area contributed by atoms with E-state index >= 15 is 0 Å². The average molecular weight is 382 g/mol. The van der Waals surface area contributed by atoms with Crippen molar-refractivity contribution >= 4 is 27.4 Å². The number of hydrogen-bond acceptors (Lipinski definition) is 4. The van der Waals surface area contributed by atoms with Crippen LogP contribution >= 0.6 is 11.6 Å². The summed E-state index contributed by atoms with van der Waals surface area (Å²) in [7, 11) is -2.65. The Balaban J connectivity index is 1.92. The highest BCUT2D eigenvalue weighted by molar-refractivity contribution is 7.92. The third-order valence-electron chi connectivity index (χ3n) is 3.42. The lowest BCUT2D eigenvalue weighted by molar-refractivity contribution is 0.416. The molecular formula is C16H13ClFN3O3S. The van der Waals surface area contributed by atoms with Gasteiger partial charge in [0.05, 0.1) is 17.8 Å². The second-order valence-electron chi connectivity index (χ2n) is 5.02. The molecule has 0 atom stereocenters. The third kappa shape index (κ3) is 3.45. The van der Waals surface area contributed by atoms with Crippen molar-refractivity contribution < 1.29 is 17.5 Å². The van der Waals surface area contributed by atoms with E-state index in [2.05, 4.69) is 14.9 Å². The van der Waals surface area contributed by atoms with Crippen molar-refractivity contribution in [3.8, 4) is 17.0 Å². The van der Waals surface area contributed by atoms with Crippen LogP contribution in [0.2, 0.25) is 5.02 Å². The standard InChI is InChI=1S/C16H13ClFN3O3S/c1-24-13-7-3-2-5-10(13)12-9-15(20-19-12)21-25(22,23)14-8-4-6-11(17)16(14)18/h2-9H,1H3,(H2,19,20,21). The molecular weight excluding hydrogens is 369 g/mol. The van der Waals surface area contributed by atoms with E-state index in [0.717, 1.165) is 6.07 Å². The highest BCUT2D eigenvalue weighted by atomic mass is 35.5. The summed E-state index contributed by atoms with van der Waals surface area (Å²) < 4.78 is 46.2. The van der Waals surface area contributed by atoms with Gasteiger partial charge in [-0.25, -0.2) is 12.8 Å². The van der Waals surface area contributed by atoms with Crippen LogP contribution < -0.4 is 9.46 Å². The number of nitrogens with zero attached hydrogens (tertiary/aromatic N) is 1. The smallest absolute Gasteiger partial charge is 0.266 e. The Morgan fingerprint density at radius 1 is 1.20 bits per heavy atom. The first-order valence-electron chi connectivity index (χ1n) is 7.08. The van der Waals surface area contributed by atoms with Crippen molar-refractivity contribution in [2.75, 3.05) is 11.8 Å². The molecule has 130 valence electrons. The van der Waals surface area contributed by atoms with Crippen LogP contribution in [-0.4, -0.2) is 25.7 Å². The zero-order valence-corrected chi connectivity index (χ0v) is 14.5. The van der Waals surface area contributed by atoms with Gasteiger partial charge >= 0.3 is 0 Å². The van der Waals surface area contributed by atoms with Crippen LogP contribution in [0.4, 0.5) is 10.2 Å². The van der Waals surface area contributed by atoms with Gasteiger partial charge in [0.15, 0.2) is 11.6 Å². The molecule has 2 N–H and O–H groups in total. The molecule has 0 fully saturated rings. The Labute approximate surface area is 148 Å². The van der Waals surface area contributed by atoms with E-state index in [1.807, 2.05) is 12.1 Å². The maximum Gasteiger partial charge on any atom is 0.266 e. The van der Waals surface area contributed by atoms with Gasteiger partial charge in [0, 0.05) is 11.6 Å². The molecule has 0 spiro atoms. The van der Waals surface area contributed by atoms with Crippen LogP contribution in [0.15, 0.2) is 53.4 Å². The number of nitrogens with one attached hydrogen (secondary N) is 2. The zero-order valence-electron chi connectivity index (χ0n) is 13.0. The number of anilines is 1. The number of aromatic amines is 1. The van der Waals surface area contributed by atoms with Crippen molar-refractivity contribution in [1.82, 2.24) is 10.2 Å². The molecule has 0 saturated carbocycles. The summed E-state index contributed by atoms with van der Waals surface area (Å²) in [5.41, 5.74) is 1.25. The number of H-pyrrole nitrogens is 1. The molecule has 0 aliphatic rings. The van der Waals surface area contributed by atoms with E-state index in [0.29, 0.717) is 17.0 Å². The van der Waals surface area contributed by atoms with Crippen LogP contribution in [0.3, 0.4) is 0 Å². The molecule has 1 aromatic heterocycles. The maximum atomic E-state index is 14.0. The van der Waals surface area contributed by atoms with Crippen LogP contribution in [0, 0.1) is 5.82 Å². The van der Waals surface area contributed by atoms with Crippen LogP contribution in [0.1, 0.15) is 0 Å². The summed E-state index contributed by atoms with van der Waals surface area (Å²) in [4.78, 5) is -0.554. The number of rotatable bonds is 5. The summed E-state index contributed by atoms with van der Waals surface area (Å²) in [6.07, 6.45) is 0. The van der Waals surface area contributed by atoms with E-state index < -0.39 is 20.7 Å². The van der Waals surface area contributed by atoms with Crippen LogP contribution in [0.25, 0.3) is 11.3 Å². The molecule has 0 radical (unpaired) electrons. The van der Waals surface area contributed by atoms with Gasteiger partial charge in [-0.15, -0.1) is 0 Å². The molecule has 0 aliphatic carbocycles. The Kier molecular flexibility index (Phi) is 4.65. The molecule has 0 bridgehead atoms. The third-order valence-corrected chi connectivity index (χ3v) is 5.08. The van der Waals surface area contributed by atoms with Gasteiger partial charge in [0.2, 0.25) is 0 Å². The Hall–Kier alpha value is -2.58. The van der Waals surface area contributed by atoms with E-state index in [-0.39, 0.29) is 10.8 Å². The lowest BCUT2D eigenvalue weighted by atomic mass is 10.1. The van der Waals surface area contributed by atoms with E-state index in [9.17, 15) is 12.8 Å². The lowest BCUT2D eigenvalue weighted by Gasteiger charge is -2.07. The summed E-state index contributed by atoms with van der Waals surface area (Å²) >= 11 is 5.64. The van der Waals surface area contributed by atoms with Crippen molar-refractivity contribution in [1.29, 1.82) is 0 Å². The molecule has 9 heteroatoms. The largest absolute Gasteiger partial charge is 0.496 e. The molecule has 25 heavy (non-hydrogen) atoms. The fraction of sp³-hybridized carbons (Fsp3) is 0.0625. The van der Waals surface area contributed by atoms with Crippen molar-refractivity contribution in [2.24, 2.45) is 0 Å². The number of aromatic nitrogens is 2. The van der Waals surface area contributed by atoms with Gasteiger partial charge in [-0.2, -0.15) is 5.10 Å². The SMILES string of the molecule is COc1ccccc1-c1cc(NS(=O)(=O)c2cccc(Cl)c2F)n[nH]1. The lowest BCUT2D eigenvalue weighted by Crippen LogP contribution is -2.15. The molecule has 3 aromatic rings. The predicted molar refractivity (Wildman–Crippen MR) is 92.8 cm³/mol. The molecule has 0 saturated heterocycles. The van der Waals surface area contributed by atoms with Gasteiger partial charge in [-0.3, -0.25) is 9.82 Å². The summed E-state index contributed by atoms with van der Waals surface area (Å²) in [5, 5.41) is 6.35. The van der Waals surface area contributed by atoms with Crippen molar-refractivity contribution in [3.63, 3.8) is 0 Å². The van der Waals surface area contributed by atoms with E-state index in [1.54, 1.807) is 12.1 Å². The van der Waals surface area contributed by atoms with Gasteiger partial charge in [-0.1, -0.05) is 29.8 Å². The van der Waals surface area contributed by atoms with Crippen molar-refractivity contribution in [3.05, 3.63) is 59.4 Å². The predicted octanol–water partition coefficient (Wildman–Crippen LogP) is 3.68. The first-order valence-corrected chi connectivity index (χ1v) is 8.94. The number of ether oxygens (including phenoxy) is 1. The quantitative estimate of drug-likeness (QED) is 0.706. The van der Waals surface area contributed by atoms with Gasteiger partial charge in [-0.05, 0) is 24.3 Å². The summed E-state index contributed by atoms with van der Waals surface area (Å²) in [6, 6.07) is 12.4. The molecule has 2 aromatic carbocycles. The normalized spacial score (nSPS) is 11.3. The van der Waals surface area contributed by atoms with E-state index in [4.69, 9.17) is 16.3 Å². The minimum absolute atomic E-state index is 0.0141. The Bertz CT molecular complexity index is 1020. The number of benzene rings is 2. The number of methoxy groups -OCH3 is 1. The number of sulfonamides is 1. The molecule has 0 amide bonds. The highest BCUT2D eigenvalue weighted by Crippen LogP contribution is 2.30. The maximum absolute atomic E-state index is 14.0. The summed E-state index contributed by atoms with van der Waals surface area (Å²) in [6.45, 7) is 0. The monoisotopic (exact) mass is 381 g/mol. The van der Waals surface area contributed by atoms with Gasteiger partial charge in [0.25, 0.3) is 10.0 Å². The van der Waals surface area contributed by atoms with E-state index in [1.165, 1.54) is 25.3 Å². The van der Waals surface area contributed by atoms with Crippen LogP contribution in [0.5, 0.6) is 5.75 Å². The average Bonchev–Trinajstić information content (AvgIpc) is 3.04. The fourth-order valence-electron chi connectivity index (χ4n) is 2.26. The zero-order chi connectivity index (χ0) is 18.0. The summed E-state index contributed by atoms with van der Waals surface area (Å²) in [5.74, 6) is -0.404. The minimum atomic E-state index is -4.17. The number of hydrogen-bond donors (Lipinski definition) is 2. The molecule has 6 nitrogen and oxygen atoms in total. The Morgan fingerprint density at radius 2 is 1.96 bits per heavy atom. The highest BCUT2D eigenvalue weighted by Gasteiger charge is 2.22. The Morgan fingerprint density at radius 3 is 2.72 bits per heavy atom. The molecule has 0 aliphatic heterocycles. The molecule has 0 unspecified atom stereocenters. The first-order chi connectivity index (χ1) is 11.9. The fourth-order valence-corrected chi connectivity index (χ4v) is 3.59. The second kappa shape index (κ2) is 6.73. The number of halogens is 2. The van der Waals surface area contributed by atoms with Crippen molar-refractivity contribution in [2.45, 2.75) is 4.90 Å². The van der Waals surface area contributed by atoms with Gasteiger partial charge < -0.3 is 4.74 Å². The minimum Gasteiger partial charge on any atom is -0.496 e. The van der Waals surface area contributed by atoms with Crippen LogP contribution in [-0.2, 0) is 10.0 Å².